The maximum absolute atomic E-state index is 12.5. The minimum absolute atomic E-state index is 0.00375. The lowest BCUT2D eigenvalue weighted by Gasteiger charge is -2.11. The number of anilines is 1. The molecule has 0 aliphatic rings. The van der Waals surface area contributed by atoms with E-state index in [9.17, 15) is 13.2 Å². The summed E-state index contributed by atoms with van der Waals surface area (Å²) < 4.78 is 29.2. The van der Waals surface area contributed by atoms with Gasteiger partial charge in [0.1, 0.15) is 5.82 Å². The van der Waals surface area contributed by atoms with Crippen LogP contribution in [0.25, 0.3) is 0 Å². The Balaban J connectivity index is 1.56. The predicted molar refractivity (Wildman–Crippen MR) is 117 cm³/mol. The van der Waals surface area contributed by atoms with Crippen molar-refractivity contribution in [3.63, 3.8) is 0 Å². The van der Waals surface area contributed by atoms with Crippen LogP contribution < -0.4 is 10.0 Å². The molecule has 2 aromatic carbocycles. The molecule has 158 valence electrons. The number of sulfonamides is 1. The number of carbonyl (C=O) groups excluding carboxylic acids is 1. The largest absolute Gasteiger partial charge is 0.311 e. The van der Waals surface area contributed by atoms with E-state index in [1.54, 1.807) is 48.1 Å². The second-order valence-electron chi connectivity index (χ2n) is 6.97. The second kappa shape index (κ2) is 9.42. The van der Waals surface area contributed by atoms with Crippen molar-refractivity contribution in [1.29, 1.82) is 0 Å². The van der Waals surface area contributed by atoms with Crippen LogP contribution in [0.1, 0.15) is 23.1 Å². The van der Waals surface area contributed by atoms with Gasteiger partial charge in [-0.25, -0.2) is 17.8 Å². The molecule has 0 radical (unpaired) electrons. The molecule has 1 amide bonds. The van der Waals surface area contributed by atoms with Crippen molar-refractivity contribution in [3.8, 4) is 0 Å². The van der Waals surface area contributed by atoms with Crippen LogP contribution in [0.15, 0.2) is 59.6 Å². The second-order valence-corrected chi connectivity index (χ2v) is 9.14. The smallest absolute Gasteiger partial charge is 0.240 e. The van der Waals surface area contributed by atoms with Gasteiger partial charge < -0.3 is 5.32 Å². The van der Waals surface area contributed by atoms with Crippen LogP contribution in [0, 0.1) is 13.8 Å². The summed E-state index contributed by atoms with van der Waals surface area (Å²) in [6.07, 6.45) is 1.59. The number of aromatic nitrogens is 2. The van der Waals surface area contributed by atoms with E-state index in [0.717, 1.165) is 11.1 Å². The molecule has 9 heteroatoms. The number of rotatable bonds is 8. The highest BCUT2D eigenvalue weighted by molar-refractivity contribution is 7.89. The number of carbonyl (C=O) groups is 1. The van der Waals surface area contributed by atoms with E-state index in [0.29, 0.717) is 22.9 Å². The van der Waals surface area contributed by atoms with Gasteiger partial charge in [-0.15, -0.1) is 0 Å². The molecule has 0 unspecified atom stereocenters. The lowest BCUT2D eigenvalue weighted by molar-refractivity contribution is -0.116. The average molecular weight is 447 g/mol. The summed E-state index contributed by atoms with van der Waals surface area (Å²) in [5.74, 6) is 0.226. The Morgan fingerprint density at radius 1 is 1.10 bits per heavy atom. The highest BCUT2D eigenvalue weighted by atomic mass is 35.5. The minimum Gasteiger partial charge on any atom is -0.311 e. The molecule has 30 heavy (non-hydrogen) atoms. The maximum atomic E-state index is 12.5. The summed E-state index contributed by atoms with van der Waals surface area (Å²) in [4.78, 5) is 12.5. The van der Waals surface area contributed by atoms with Crippen molar-refractivity contribution in [1.82, 2.24) is 14.5 Å². The Morgan fingerprint density at radius 2 is 1.83 bits per heavy atom. The molecule has 0 spiro atoms. The molecule has 3 aromatic rings. The molecule has 0 aliphatic carbocycles. The van der Waals surface area contributed by atoms with Crippen LogP contribution in [-0.4, -0.2) is 30.7 Å². The fourth-order valence-electron chi connectivity index (χ4n) is 2.91. The summed E-state index contributed by atoms with van der Waals surface area (Å²) in [6, 6.07) is 14.3. The number of halogens is 1. The van der Waals surface area contributed by atoms with Crippen molar-refractivity contribution in [2.24, 2.45) is 0 Å². The third kappa shape index (κ3) is 5.69. The highest BCUT2D eigenvalue weighted by Crippen LogP contribution is 2.17. The number of aryl methyl sites for hydroxylation is 2. The molecule has 0 bridgehead atoms. The van der Waals surface area contributed by atoms with Crippen molar-refractivity contribution in [2.75, 3.05) is 11.9 Å². The molecule has 0 saturated heterocycles. The van der Waals surface area contributed by atoms with Gasteiger partial charge in [-0.2, -0.15) is 5.10 Å². The van der Waals surface area contributed by atoms with E-state index in [-0.39, 0.29) is 23.8 Å². The number of hydrogen-bond donors (Lipinski definition) is 2. The number of hydrogen-bond acceptors (Lipinski definition) is 4. The van der Waals surface area contributed by atoms with Gasteiger partial charge in [-0.3, -0.25) is 4.79 Å². The van der Waals surface area contributed by atoms with Crippen LogP contribution in [0.2, 0.25) is 5.02 Å². The molecule has 0 saturated carbocycles. The normalized spacial score (nSPS) is 11.4. The Bertz CT molecular complexity index is 1140. The fraction of sp³-hybridized carbons (Fsp3) is 0.238. The predicted octanol–water partition coefficient (Wildman–Crippen LogP) is 3.51. The van der Waals surface area contributed by atoms with Crippen molar-refractivity contribution in [2.45, 2.75) is 31.7 Å². The first-order chi connectivity index (χ1) is 14.2. The molecule has 0 fully saturated rings. The zero-order chi connectivity index (χ0) is 21.7. The van der Waals surface area contributed by atoms with Crippen LogP contribution in [0.5, 0.6) is 0 Å². The van der Waals surface area contributed by atoms with Crippen LogP contribution in [-0.2, 0) is 21.4 Å². The van der Waals surface area contributed by atoms with Gasteiger partial charge in [0, 0.05) is 24.1 Å². The average Bonchev–Trinajstić information content (AvgIpc) is 3.11. The quantitative estimate of drug-likeness (QED) is 0.553. The van der Waals surface area contributed by atoms with Crippen LogP contribution in [0.3, 0.4) is 0 Å². The van der Waals surface area contributed by atoms with Crippen LogP contribution >= 0.6 is 11.6 Å². The van der Waals surface area contributed by atoms with Gasteiger partial charge in [0.25, 0.3) is 0 Å². The molecular formula is C21H23ClN4O3S. The zero-order valence-electron chi connectivity index (χ0n) is 16.7. The van der Waals surface area contributed by atoms with E-state index in [1.807, 2.05) is 25.1 Å². The van der Waals surface area contributed by atoms with E-state index >= 15 is 0 Å². The van der Waals surface area contributed by atoms with E-state index in [1.165, 1.54) is 0 Å². The summed E-state index contributed by atoms with van der Waals surface area (Å²) >= 11 is 5.90. The Labute approximate surface area is 181 Å². The standard InChI is InChI=1S/C21H23ClN4O3S/c1-15-3-4-16(2)19(13-15)30(28,29)24-12-10-21(27)25-20-9-11-23-26(20)14-17-5-7-18(22)8-6-17/h3-9,11,13,24H,10,12,14H2,1-2H3,(H,25,27). The number of amides is 1. The highest BCUT2D eigenvalue weighted by Gasteiger charge is 2.17. The van der Waals surface area contributed by atoms with Crippen molar-refractivity contribution >= 4 is 33.3 Å². The third-order valence-electron chi connectivity index (χ3n) is 4.51. The monoisotopic (exact) mass is 446 g/mol. The van der Waals surface area contributed by atoms with Crippen molar-refractivity contribution < 1.29 is 13.2 Å². The number of benzene rings is 2. The fourth-order valence-corrected chi connectivity index (χ4v) is 4.39. The van der Waals surface area contributed by atoms with Gasteiger partial charge in [0.05, 0.1) is 17.6 Å². The molecule has 7 nitrogen and oxygen atoms in total. The van der Waals surface area contributed by atoms with Gasteiger partial charge in [-0.1, -0.05) is 35.9 Å². The lowest BCUT2D eigenvalue weighted by atomic mass is 10.2. The SMILES string of the molecule is Cc1ccc(C)c(S(=O)(=O)NCCC(=O)Nc2ccnn2Cc2ccc(Cl)cc2)c1. The van der Waals surface area contributed by atoms with Gasteiger partial charge in [0.2, 0.25) is 15.9 Å². The van der Waals surface area contributed by atoms with Crippen LogP contribution in [0.4, 0.5) is 5.82 Å². The molecule has 1 aromatic heterocycles. The maximum Gasteiger partial charge on any atom is 0.240 e. The summed E-state index contributed by atoms with van der Waals surface area (Å²) in [5.41, 5.74) is 2.50. The molecular weight excluding hydrogens is 424 g/mol. The van der Waals surface area contributed by atoms with E-state index < -0.39 is 10.0 Å². The van der Waals surface area contributed by atoms with Gasteiger partial charge in [0.15, 0.2) is 0 Å². The molecule has 1 heterocycles. The Kier molecular flexibility index (Phi) is 6.91. The Morgan fingerprint density at radius 3 is 2.57 bits per heavy atom. The van der Waals surface area contributed by atoms with E-state index in [2.05, 4.69) is 15.1 Å². The van der Waals surface area contributed by atoms with Gasteiger partial charge in [-0.05, 0) is 48.7 Å². The molecule has 0 aliphatic heterocycles. The van der Waals surface area contributed by atoms with Gasteiger partial charge >= 0.3 is 0 Å². The molecule has 3 rings (SSSR count). The topological polar surface area (TPSA) is 93.1 Å². The Hall–Kier alpha value is -2.68. The van der Waals surface area contributed by atoms with Crippen molar-refractivity contribution in [3.05, 3.63) is 76.4 Å². The van der Waals surface area contributed by atoms with E-state index in [4.69, 9.17) is 11.6 Å². The zero-order valence-corrected chi connectivity index (χ0v) is 18.3. The summed E-state index contributed by atoms with van der Waals surface area (Å²) in [5, 5.41) is 7.64. The number of nitrogens with one attached hydrogen (secondary N) is 2. The first kappa shape index (κ1) is 22.0. The first-order valence-electron chi connectivity index (χ1n) is 9.37. The third-order valence-corrected chi connectivity index (χ3v) is 6.36. The summed E-state index contributed by atoms with van der Waals surface area (Å²) in [7, 11) is -3.68. The minimum atomic E-state index is -3.68. The molecule has 2 N–H and O–H groups in total. The first-order valence-corrected chi connectivity index (χ1v) is 11.2. The summed E-state index contributed by atoms with van der Waals surface area (Å²) in [6.45, 7) is 4.04. The lowest BCUT2D eigenvalue weighted by Crippen LogP contribution is -2.28. The number of nitrogens with zero attached hydrogens (tertiary/aromatic N) is 2. The molecule has 0 atom stereocenters.